The van der Waals surface area contributed by atoms with Crippen molar-refractivity contribution in [3.8, 4) is 11.4 Å². The molecule has 0 bridgehead atoms. The number of amides is 1. The van der Waals surface area contributed by atoms with Crippen LogP contribution in [-0.2, 0) is 11.2 Å². The predicted octanol–water partition coefficient (Wildman–Crippen LogP) is 3.02. The number of nitrogens with zero attached hydrogens (tertiary/aromatic N) is 5. The maximum Gasteiger partial charge on any atom is 0.228 e. The summed E-state index contributed by atoms with van der Waals surface area (Å²) in [4.78, 5) is 29.1. The molecule has 2 aromatic rings. The molecular formula is C22H28ClN5O. The van der Waals surface area contributed by atoms with Gasteiger partial charge in [-0.25, -0.2) is 9.97 Å². The molecule has 2 aliphatic heterocycles. The number of fused-ring (bicyclic) bond motifs is 1. The summed E-state index contributed by atoms with van der Waals surface area (Å²) in [7, 11) is 0. The molecule has 0 spiro atoms. The van der Waals surface area contributed by atoms with Crippen LogP contribution in [0.1, 0.15) is 24.6 Å². The predicted molar refractivity (Wildman–Crippen MR) is 116 cm³/mol. The molecule has 4 rings (SSSR count). The van der Waals surface area contributed by atoms with Crippen LogP contribution in [0.15, 0.2) is 24.3 Å². The fraction of sp³-hybridized carbons (Fsp3) is 0.500. The molecule has 6 nitrogen and oxygen atoms in total. The van der Waals surface area contributed by atoms with E-state index in [1.165, 1.54) is 0 Å². The second-order valence-electron chi connectivity index (χ2n) is 7.76. The molecule has 0 radical (unpaired) electrons. The van der Waals surface area contributed by atoms with Gasteiger partial charge in [-0.15, -0.1) is 0 Å². The lowest BCUT2D eigenvalue weighted by atomic mass is 10.0. The third-order valence-corrected chi connectivity index (χ3v) is 6.24. The fourth-order valence-electron chi connectivity index (χ4n) is 4.11. The van der Waals surface area contributed by atoms with E-state index in [1.807, 2.05) is 36.1 Å². The van der Waals surface area contributed by atoms with Gasteiger partial charge < -0.3 is 4.90 Å². The molecule has 1 aromatic heterocycles. The summed E-state index contributed by atoms with van der Waals surface area (Å²) in [5.74, 6) is 1.59. The molecule has 7 heteroatoms. The Morgan fingerprint density at radius 3 is 2.34 bits per heavy atom. The fourth-order valence-corrected chi connectivity index (χ4v) is 4.24. The average Bonchev–Trinajstić information content (AvgIpc) is 2.74. The number of halogens is 1. The van der Waals surface area contributed by atoms with Gasteiger partial charge >= 0.3 is 0 Å². The molecule has 0 unspecified atom stereocenters. The highest BCUT2D eigenvalue weighted by Crippen LogP contribution is 2.30. The van der Waals surface area contributed by atoms with Crippen LogP contribution in [0.2, 0.25) is 5.02 Å². The van der Waals surface area contributed by atoms with E-state index in [9.17, 15) is 4.79 Å². The molecule has 1 aromatic carbocycles. The minimum absolute atomic E-state index is 0.157. The quantitative estimate of drug-likeness (QED) is 0.754. The summed E-state index contributed by atoms with van der Waals surface area (Å²) in [5.41, 5.74) is 2.96. The maximum atomic E-state index is 12.8. The lowest BCUT2D eigenvalue weighted by Crippen LogP contribution is -2.49. The van der Waals surface area contributed by atoms with Gasteiger partial charge in [-0.2, -0.15) is 0 Å². The Kier molecular flexibility index (Phi) is 6.13. The first-order chi connectivity index (χ1) is 14.0. The smallest absolute Gasteiger partial charge is 0.228 e. The van der Waals surface area contributed by atoms with Crippen molar-refractivity contribution in [2.75, 3.05) is 50.7 Å². The average molecular weight is 414 g/mol. The second kappa shape index (κ2) is 8.78. The highest BCUT2D eigenvalue weighted by molar-refractivity contribution is 6.30. The lowest BCUT2D eigenvalue weighted by molar-refractivity contribution is -0.119. The third kappa shape index (κ3) is 4.44. The Hall–Kier alpha value is -2.02. The maximum absolute atomic E-state index is 12.8. The lowest BCUT2D eigenvalue weighted by Gasteiger charge is -2.36. The van der Waals surface area contributed by atoms with Crippen LogP contribution >= 0.6 is 11.6 Å². The zero-order chi connectivity index (χ0) is 20.4. The molecule has 0 atom stereocenters. The van der Waals surface area contributed by atoms with E-state index in [-0.39, 0.29) is 5.91 Å². The molecule has 0 aliphatic carbocycles. The SMILES string of the molecule is CCN1CCN(CCN2C(=O)CCc3c(C)nc(-c4ccc(Cl)cc4)nc32)CC1. The largest absolute Gasteiger partial charge is 0.301 e. The van der Waals surface area contributed by atoms with Crippen molar-refractivity contribution in [3.63, 3.8) is 0 Å². The number of hydrogen-bond acceptors (Lipinski definition) is 5. The zero-order valence-corrected chi connectivity index (χ0v) is 18.0. The standard InChI is InChI=1S/C22H28ClN5O/c1-3-26-10-12-27(13-11-26)14-15-28-20(29)9-8-19-16(2)24-21(25-22(19)28)17-4-6-18(23)7-5-17/h4-7H,3,8-15H2,1-2H3. The van der Waals surface area contributed by atoms with E-state index < -0.39 is 0 Å². The van der Waals surface area contributed by atoms with Crippen LogP contribution in [0.5, 0.6) is 0 Å². The summed E-state index contributed by atoms with van der Waals surface area (Å²) >= 11 is 6.02. The van der Waals surface area contributed by atoms with Crippen LogP contribution < -0.4 is 4.90 Å². The second-order valence-corrected chi connectivity index (χ2v) is 8.20. The highest BCUT2D eigenvalue weighted by Gasteiger charge is 2.29. The van der Waals surface area contributed by atoms with Gasteiger partial charge in [0.25, 0.3) is 0 Å². The molecule has 29 heavy (non-hydrogen) atoms. The minimum atomic E-state index is 0.157. The van der Waals surface area contributed by atoms with Gasteiger partial charge in [-0.05, 0) is 44.2 Å². The normalized spacial score (nSPS) is 18.2. The molecule has 1 fully saturated rings. The number of carbonyl (C=O) groups is 1. The number of aromatic nitrogens is 2. The van der Waals surface area contributed by atoms with E-state index >= 15 is 0 Å². The van der Waals surface area contributed by atoms with Crippen molar-refractivity contribution in [1.29, 1.82) is 0 Å². The van der Waals surface area contributed by atoms with Crippen molar-refractivity contribution < 1.29 is 4.79 Å². The van der Waals surface area contributed by atoms with Gasteiger partial charge in [-0.1, -0.05) is 18.5 Å². The number of rotatable bonds is 5. The van der Waals surface area contributed by atoms with Gasteiger partial charge in [-0.3, -0.25) is 14.6 Å². The molecule has 0 N–H and O–H groups in total. The molecule has 1 amide bonds. The van der Waals surface area contributed by atoms with Gasteiger partial charge in [0.2, 0.25) is 5.91 Å². The molecule has 2 aliphatic rings. The van der Waals surface area contributed by atoms with Crippen LogP contribution in [0, 0.1) is 6.92 Å². The van der Waals surface area contributed by atoms with E-state index in [4.69, 9.17) is 21.6 Å². The Balaban J connectivity index is 1.55. The van der Waals surface area contributed by atoms with Gasteiger partial charge in [0.1, 0.15) is 5.82 Å². The zero-order valence-electron chi connectivity index (χ0n) is 17.2. The topological polar surface area (TPSA) is 52.6 Å². The summed E-state index contributed by atoms with van der Waals surface area (Å²) in [6, 6.07) is 7.53. The highest BCUT2D eigenvalue weighted by atomic mass is 35.5. The summed E-state index contributed by atoms with van der Waals surface area (Å²) < 4.78 is 0. The van der Waals surface area contributed by atoms with Crippen molar-refractivity contribution in [3.05, 3.63) is 40.5 Å². The van der Waals surface area contributed by atoms with Gasteiger partial charge in [0, 0.05) is 67.5 Å². The molecular weight excluding hydrogens is 386 g/mol. The Morgan fingerprint density at radius 2 is 1.66 bits per heavy atom. The van der Waals surface area contributed by atoms with Crippen molar-refractivity contribution in [2.24, 2.45) is 0 Å². The van der Waals surface area contributed by atoms with Crippen molar-refractivity contribution in [1.82, 2.24) is 19.8 Å². The van der Waals surface area contributed by atoms with E-state index in [1.54, 1.807) is 0 Å². The number of carbonyl (C=O) groups excluding carboxylic acids is 1. The van der Waals surface area contributed by atoms with Crippen LogP contribution in [-0.4, -0.2) is 71.5 Å². The molecule has 1 saturated heterocycles. The van der Waals surface area contributed by atoms with Crippen LogP contribution in [0.4, 0.5) is 5.82 Å². The van der Waals surface area contributed by atoms with Crippen molar-refractivity contribution >= 4 is 23.3 Å². The number of anilines is 1. The Morgan fingerprint density at radius 1 is 0.966 bits per heavy atom. The monoisotopic (exact) mass is 413 g/mol. The summed E-state index contributed by atoms with van der Waals surface area (Å²) in [6.07, 6.45) is 1.24. The van der Waals surface area contributed by atoms with E-state index in [0.29, 0.717) is 30.2 Å². The number of benzene rings is 1. The first-order valence-electron chi connectivity index (χ1n) is 10.4. The molecule has 3 heterocycles. The van der Waals surface area contributed by atoms with E-state index in [0.717, 1.165) is 61.9 Å². The third-order valence-electron chi connectivity index (χ3n) is 5.99. The Labute approximate surface area is 177 Å². The minimum Gasteiger partial charge on any atom is -0.301 e. The first-order valence-corrected chi connectivity index (χ1v) is 10.8. The van der Waals surface area contributed by atoms with Gasteiger partial charge in [0.05, 0.1) is 0 Å². The number of piperazine rings is 1. The first kappa shape index (κ1) is 20.3. The summed E-state index contributed by atoms with van der Waals surface area (Å²) in [6.45, 7) is 11.2. The molecule has 154 valence electrons. The van der Waals surface area contributed by atoms with Crippen molar-refractivity contribution in [2.45, 2.75) is 26.7 Å². The number of likely N-dealkylation sites (N-methyl/N-ethyl adjacent to an activating group) is 1. The Bertz CT molecular complexity index is 878. The van der Waals surface area contributed by atoms with Gasteiger partial charge in [0.15, 0.2) is 5.82 Å². The van der Waals surface area contributed by atoms with E-state index in [2.05, 4.69) is 16.7 Å². The molecule has 0 saturated carbocycles. The van der Waals surface area contributed by atoms with Crippen LogP contribution in [0.3, 0.4) is 0 Å². The number of hydrogen-bond donors (Lipinski definition) is 0. The summed E-state index contributed by atoms with van der Waals surface area (Å²) in [5, 5.41) is 0.684. The number of aryl methyl sites for hydroxylation is 1. The van der Waals surface area contributed by atoms with Crippen LogP contribution in [0.25, 0.3) is 11.4 Å².